The largest absolute Gasteiger partial charge is 0.497 e. The predicted octanol–water partition coefficient (Wildman–Crippen LogP) is 4.47. The van der Waals surface area contributed by atoms with Crippen molar-refractivity contribution in [3.8, 4) is 5.75 Å². The van der Waals surface area contributed by atoms with E-state index in [0.29, 0.717) is 0 Å². The summed E-state index contributed by atoms with van der Waals surface area (Å²) in [6.07, 6.45) is 0. The second-order valence-corrected chi connectivity index (χ2v) is 5.68. The lowest BCUT2D eigenvalue weighted by atomic mass is 9.95. The van der Waals surface area contributed by atoms with Gasteiger partial charge in [0.25, 0.3) is 0 Å². The molecule has 0 spiro atoms. The number of ether oxygens (including phenoxy) is 1. The maximum atomic E-state index is 5.23. The Bertz CT molecular complexity index is 566. The van der Waals surface area contributed by atoms with Crippen molar-refractivity contribution in [1.29, 1.82) is 0 Å². The molecule has 0 aliphatic heterocycles. The quantitative estimate of drug-likeness (QED) is 0.871. The standard InChI is InChI=1S/C17H20BrNO/c1-4-19-17(13-5-8-15(20-3)9-6-13)16-10-7-14(18)11-12(16)2/h5-11,17,19H,4H2,1-3H3. The molecule has 2 nitrogen and oxygen atoms in total. The first-order valence-electron chi connectivity index (χ1n) is 6.79. The van der Waals surface area contributed by atoms with Crippen molar-refractivity contribution in [2.45, 2.75) is 19.9 Å². The Hall–Kier alpha value is -1.32. The number of halogens is 1. The number of hydrogen-bond acceptors (Lipinski definition) is 2. The number of methoxy groups -OCH3 is 1. The molecule has 0 aromatic heterocycles. The lowest BCUT2D eigenvalue weighted by Gasteiger charge is -2.21. The van der Waals surface area contributed by atoms with Crippen molar-refractivity contribution in [3.05, 3.63) is 63.6 Å². The molecule has 20 heavy (non-hydrogen) atoms. The Labute approximate surface area is 129 Å². The highest BCUT2D eigenvalue weighted by Gasteiger charge is 2.15. The van der Waals surface area contributed by atoms with E-state index in [4.69, 9.17) is 4.74 Å². The van der Waals surface area contributed by atoms with Gasteiger partial charge in [0.15, 0.2) is 0 Å². The second kappa shape index (κ2) is 6.91. The van der Waals surface area contributed by atoms with E-state index in [9.17, 15) is 0 Å². The molecule has 0 aliphatic carbocycles. The monoisotopic (exact) mass is 333 g/mol. The van der Waals surface area contributed by atoms with Crippen molar-refractivity contribution in [1.82, 2.24) is 5.32 Å². The molecule has 2 rings (SSSR count). The lowest BCUT2D eigenvalue weighted by Crippen LogP contribution is -2.22. The van der Waals surface area contributed by atoms with Gasteiger partial charge in [-0.05, 0) is 54.4 Å². The van der Waals surface area contributed by atoms with Gasteiger partial charge >= 0.3 is 0 Å². The first-order valence-corrected chi connectivity index (χ1v) is 7.58. The van der Waals surface area contributed by atoms with Gasteiger partial charge < -0.3 is 10.1 Å². The zero-order chi connectivity index (χ0) is 14.5. The third kappa shape index (κ3) is 3.41. The molecule has 1 unspecified atom stereocenters. The minimum absolute atomic E-state index is 0.207. The molecular formula is C17H20BrNO. The molecule has 0 saturated heterocycles. The Morgan fingerprint density at radius 2 is 1.85 bits per heavy atom. The van der Waals surface area contributed by atoms with Crippen LogP contribution in [0.4, 0.5) is 0 Å². The van der Waals surface area contributed by atoms with E-state index in [-0.39, 0.29) is 6.04 Å². The molecule has 0 radical (unpaired) electrons. The van der Waals surface area contributed by atoms with Crippen LogP contribution in [-0.2, 0) is 0 Å². The summed E-state index contributed by atoms with van der Waals surface area (Å²) in [5, 5.41) is 3.56. The van der Waals surface area contributed by atoms with Crippen LogP contribution in [0.3, 0.4) is 0 Å². The Kier molecular flexibility index (Phi) is 5.21. The van der Waals surface area contributed by atoms with Gasteiger partial charge in [-0.15, -0.1) is 0 Å². The van der Waals surface area contributed by atoms with Crippen LogP contribution in [0.2, 0.25) is 0 Å². The molecule has 106 valence electrons. The summed E-state index contributed by atoms with van der Waals surface area (Å²) in [7, 11) is 1.69. The molecule has 0 aliphatic rings. The number of nitrogens with one attached hydrogen (secondary N) is 1. The molecule has 0 fully saturated rings. The fourth-order valence-electron chi connectivity index (χ4n) is 2.37. The highest BCUT2D eigenvalue weighted by Crippen LogP contribution is 2.28. The van der Waals surface area contributed by atoms with Gasteiger partial charge in [0, 0.05) is 4.47 Å². The van der Waals surface area contributed by atoms with Crippen molar-refractivity contribution >= 4 is 15.9 Å². The fourth-order valence-corrected chi connectivity index (χ4v) is 2.85. The van der Waals surface area contributed by atoms with Gasteiger partial charge in [0.05, 0.1) is 13.2 Å². The minimum Gasteiger partial charge on any atom is -0.497 e. The zero-order valence-electron chi connectivity index (χ0n) is 12.1. The predicted molar refractivity (Wildman–Crippen MR) is 87.4 cm³/mol. The Morgan fingerprint density at radius 3 is 2.40 bits per heavy atom. The molecule has 1 N–H and O–H groups in total. The van der Waals surface area contributed by atoms with Crippen LogP contribution in [0.15, 0.2) is 46.9 Å². The third-order valence-electron chi connectivity index (χ3n) is 3.40. The van der Waals surface area contributed by atoms with Gasteiger partial charge in [-0.3, -0.25) is 0 Å². The first kappa shape index (κ1) is 15.1. The zero-order valence-corrected chi connectivity index (χ0v) is 13.7. The van der Waals surface area contributed by atoms with E-state index < -0.39 is 0 Å². The van der Waals surface area contributed by atoms with E-state index in [1.54, 1.807) is 7.11 Å². The number of benzene rings is 2. The van der Waals surface area contributed by atoms with Gasteiger partial charge in [-0.25, -0.2) is 0 Å². The van der Waals surface area contributed by atoms with E-state index in [2.05, 4.69) is 65.4 Å². The van der Waals surface area contributed by atoms with E-state index in [0.717, 1.165) is 16.8 Å². The van der Waals surface area contributed by atoms with Gasteiger partial charge in [-0.2, -0.15) is 0 Å². The fraction of sp³-hybridized carbons (Fsp3) is 0.294. The maximum Gasteiger partial charge on any atom is 0.118 e. The third-order valence-corrected chi connectivity index (χ3v) is 3.89. The SMILES string of the molecule is CCNC(c1ccc(OC)cc1)c1ccc(Br)cc1C. The maximum absolute atomic E-state index is 5.23. The normalized spacial score (nSPS) is 12.2. The molecule has 0 saturated carbocycles. The second-order valence-electron chi connectivity index (χ2n) is 4.76. The smallest absolute Gasteiger partial charge is 0.118 e. The molecule has 2 aromatic carbocycles. The first-order chi connectivity index (χ1) is 9.65. The molecule has 0 bridgehead atoms. The average Bonchev–Trinajstić information content (AvgIpc) is 2.46. The Morgan fingerprint density at radius 1 is 1.15 bits per heavy atom. The van der Waals surface area contributed by atoms with E-state index >= 15 is 0 Å². The Balaban J connectivity index is 2.38. The highest BCUT2D eigenvalue weighted by atomic mass is 79.9. The molecule has 0 heterocycles. The van der Waals surface area contributed by atoms with Crippen LogP contribution in [0.1, 0.15) is 29.7 Å². The van der Waals surface area contributed by atoms with Crippen LogP contribution >= 0.6 is 15.9 Å². The van der Waals surface area contributed by atoms with Crippen LogP contribution in [-0.4, -0.2) is 13.7 Å². The number of hydrogen-bond donors (Lipinski definition) is 1. The summed E-state index contributed by atoms with van der Waals surface area (Å²) in [4.78, 5) is 0. The average molecular weight is 334 g/mol. The number of rotatable bonds is 5. The summed E-state index contributed by atoms with van der Waals surface area (Å²) in [6.45, 7) is 5.20. The summed E-state index contributed by atoms with van der Waals surface area (Å²) >= 11 is 3.52. The topological polar surface area (TPSA) is 21.3 Å². The molecule has 2 aromatic rings. The minimum atomic E-state index is 0.207. The summed E-state index contributed by atoms with van der Waals surface area (Å²) in [6, 6.07) is 14.9. The molecule has 0 amide bonds. The van der Waals surface area contributed by atoms with Gasteiger partial charge in [0.1, 0.15) is 5.75 Å². The molecule has 3 heteroatoms. The highest BCUT2D eigenvalue weighted by molar-refractivity contribution is 9.10. The molecule has 1 atom stereocenters. The van der Waals surface area contributed by atoms with E-state index in [1.807, 2.05) is 12.1 Å². The van der Waals surface area contributed by atoms with Crippen LogP contribution in [0.25, 0.3) is 0 Å². The number of aryl methyl sites for hydroxylation is 1. The molecular weight excluding hydrogens is 314 g/mol. The van der Waals surface area contributed by atoms with Crippen LogP contribution < -0.4 is 10.1 Å². The van der Waals surface area contributed by atoms with E-state index in [1.165, 1.54) is 16.7 Å². The van der Waals surface area contributed by atoms with Crippen molar-refractivity contribution in [2.75, 3.05) is 13.7 Å². The van der Waals surface area contributed by atoms with Crippen LogP contribution in [0, 0.1) is 6.92 Å². The summed E-state index contributed by atoms with van der Waals surface area (Å²) in [5.41, 5.74) is 3.83. The lowest BCUT2D eigenvalue weighted by molar-refractivity contribution is 0.414. The van der Waals surface area contributed by atoms with Crippen molar-refractivity contribution < 1.29 is 4.74 Å². The van der Waals surface area contributed by atoms with Crippen molar-refractivity contribution in [2.24, 2.45) is 0 Å². The van der Waals surface area contributed by atoms with Gasteiger partial charge in [-0.1, -0.05) is 41.1 Å². The van der Waals surface area contributed by atoms with Crippen molar-refractivity contribution in [3.63, 3.8) is 0 Å². The summed E-state index contributed by atoms with van der Waals surface area (Å²) < 4.78 is 6.34. The van der Waals surface area contributed by atoms with Gasteiger partial charge in [0.2, 0.25) is 0 Å². The summed E-state index contributed by atoms with van der Waals surface area (Å²) in [5.74, 6) is 0.886. The van der Waals surface area contributed by atoms with Crippen LogP contribution in [0.5, 0.6) is 5.75 Å².